The molecule has 0 saturated carbocycles. The molecule has 0 saturated heterocycles. The number of aryl methyl sites for hydroxylation is 2. The van der Waals surface area contributed by atoms with Crippen LogP contribution in [0, 0.1) is 13.8 Å². The van der Waals surface area contributed by atoms with E-state index in [0.717, 1.165) is 10.9 Å². The standard InChI is InChI=1S/C13H16N2O2/c1-8-3-4-11-10(9(8)2)7-12(15-11)13(17)14-5-6-16/h3-4,7,15-16H,5-6H2,1-2H3,(H,14,17). The van der Waals surface area contributed by atoms with E-state index in [0.29, 0.717) is 5.69 Å². The summed E-state index contributed by atoms with van der Waals surface area (Å²) in [6.07, 6.45) is 0. The summed E-state index contributed by atoms with van der Waals surface area (Å²) in [4.78, 5) is 14.8. The van der Waals surface area contributed by atoms with E-state index in [9.17, 15) is 4.79 Å². The molecule has 2 rings (SSSR count). The predicted octanol–water partition coefficient (Wildman–Crippen LogP) is 1.51. The Bertz CT molecular complexity index is 558. The minimum atomic E-state index is -0.188. The third-order valence-corrected chi connectivity index (χ3v) is 2.99. The first-order valence-electron chi connectivity index (χ1n) is 5.61. The molecule has 1 heterocycles. The Morgan fingerprint density at radius 1 is 1.41 bits per heavy atom. The summed E-state index contributed by atoms with van der Waals surface area (Å²) in [6.45, 7) is 4.31. The van der Waals surface area contributed by atoms with Gasteiger partial charge in [0.15, 0.2) is 0 Å². The van der Waals surface area contributed by atoms with Gasteiger partial charge in [0, 0.05) is 17.4 Å². The quantitative estimate of drug-likeness (QED) is 0.751. The van der Waals surface area contributed by atoms with Crippen LogP contribution in [0.2, 0.25) is 0 Å². The van der Waals surface area contributed by atoms with Crippen molar-refractivity contribution in [2.24, 2.45) is 0 Å². The Kier molecular flexibility index (Phi) is 3.15. The zero-order chi connectivity index (χ0) is 12.4. The molecule has 0 bridgehead atoms. The van der Waals surface area contributed by atoms with Gasteiger partial charge in [0.1, 0.15) is 5.69 Å². The first kappa shape index (κ1) is 11.7. The number of carbonyl (C=O) groups is 1. The van der Waals surface area contributed by atoms with Gasteiger partial charge in [-0.1, -0.05) is 6.07 Å². The van der Waals surface area contributed by atoms with E-state index in [-0.39, 0.29) is 19.1 Å². The van der Waals surface area contributed by atoms with Crippen LogP contribution in [0.25, 0.3) is 10.9 Å². The van der Waals surface area contributed by atoms with Crippen LogP contribution in [-0.2, 0) is 0 Å². The van der Waals surface area contributed by atoms with Gasteiger partial charge in [0.2, 0.25) is 0 Å². The summed E-state index contributed by atoms with van der Waals surface area (Å²) in [6, 6.07) is 5.86. The molecule has 3 N–H and O–H groups in total. The average molecular weight is 232 g/mol. The Morgan fingerprint density at radius 3 is 2.88 bits per heavy atom. The summed E-state index contributed by atoms with van der Waals surface area (Å²) in [5.74, 6) is -0.188. The van der Waals surface area contributed by atoms with E-state index in [2.05, 4.69) is 10.3 Å². The van der Waals surface area contributed by atoms with Crippen LogP contribution in [0.3, 0.4) is 0 Å². The van der Waals surface area contributed by atoms with Crippen molar-refractivity contribution in [1.29, 1.82) is 0 Å². The maximum Gasteiger partial charge on any atom is 0.267 e. The lowest BCUT2D eigenvalue weighted by atomic mass is 10.1. The molecule has 0 radical (unpaired) electrons. The van der Waals surface area contributed by atoms with Crippen molar-refractivity contribution in [2.45, 2.75) is 13.8 Å². The first-order chi connectivity index (χ1) is 8.13. The van der Waals surface area contributed by atoms with Crippen molar-refractivity contribution >= 4 is 16.8 Å². The fourth-order valence-electron chi connectivity index (χ4n) is 1.85. The van der Waals surface area contributed by atoms with Crippen LogP contribution < -0.4 is 5.32 Å². The molecule has 0 unspecified atom stereocenters. The van der Waals surface area contributed by atoms with E-state index in [1.807, 2.05) is 32.0 Å². The normalized spacial score (nSPS) is 10.8. The van der Waals surface area contributed by atoms with Gasteiger partial charge in [-0.05, 0) is 37.1 Å². The van der Waals surface area contributed by atoms with Gasteiger partial charge in [-0.2, -0.15) is 0 Å². The molecular weight excluding hydrogens is 216 g/mol. The van der Waals surface area contributed by atoms with Crippen molar-refractivity contribution in [2.75, 3.05) is 13.2 Å². The topological polar surface area (TPSA) is 65.1 Å². The molecule has 1 aromatic heterocycles. The number of aliphatic hydroxyl groups excluding tert-OH is 1. The second kappa shape index (κ2) is 4.59. The highest BCUT2D eigenvalue weighted by Crippen LogP contribution is 2.22. The monoisotopic (exact) mass is 232 g/mol. The van der Waals surface area contributed by atoms with Gasteiger partial charge in [0.05, 0.1) is 6.61 Å². The van der Waals surface area contributed by atoms with Crippen LogP contribution in [0.4, 0.5) is 0 Å². The Hall–Kier alpha value is -1.81. The van der Waals surface area contributed by atoms with Gasteiger partial charge < -0.3 is 15.4 Å². The summed E-state index contributed by atoms with van der Waals surface area (Å²) in [5, 5.41) is 12.3. The fourth-order valence-corrected chi connectivity index (χ4v) is 1.85. The molecule has 90 valence electrons. The maximum absolute atomic E-state index is 11.7. The van der Waals surface area contributed by atoms with Crippen molar-refractivity contribution in [1.82, 2.24) is 10.3 Å². The van der Waals surface area contributed by atoms with Crippen LogP contribution in [0.15, 0.2) is 18.2 Å². The number of aromatic nitrogens is 1. The Balaban J connectivity index is 2.38. The first-order valence-corrected chi connectivity index (χ1v) is 5.61. The van der Waals surface area contributed by atoms with Gasteiger partial charge in [-0.15, -0.1) is 0 Å². The summed E-state index contributed by atoms with van der Waals surface area (Å²) in [7, 11) is 0. The largest absolute Gasteiger partial charge is 0.395 e. The highest BCUT2D eigenvalue weighted by atomic mass is 16.3. The zero-order valence-electron chi connectivity index (χ0n) is 10.0. The lowest BCUT2D eigenvalue weighted by Crippen LogP contribution is -2.26. The Labute approximate surface area is 99.7 Å². The molecule has 0 atom stereocenters. The smallest absolute Gasteiger partial charge is 0.267 e. The van der Waals surface area contributed by atoms with Crippen LogP contribution in [-0.4, -0.2) is 29.1 Å². The van der Waals surface area contributed by atoms with Crippen molar-refractivity contribution in [3.8, 4) is 0 Å². The van der Waals surface area contributed by atoms with Gasteiger partial charge in [0.25, 0.3) is 5.91 Å². The third-order valence-electron chi connectivity index (χ3n) is 2.99. The van der Waals surface area contributed by atoms with Crippen molar-refractivity contribution in [3.05, 3.63) is 35.0 Å². The van der Waals surface area contributed by atoms with Gasteiger partial charge >= 0.3 is 0 Å². The SMILES string of the molecule is Cc1ccc2[nH]c(C(=O)NCCO)cc2c1C. The second-order valence-corrected chi connectivity index (χ2v) is 4.13. The molecule has 0 aliphatic carbocycles. The number of rotatable bonds is 3. The molecule has 0 fully saturated rings. The number of hydrogen-bond acceptors (Lipinski definition) is 2. The second-order valence-electron chi connectivity index (χ2n) is 4.13. The number of aromatic amines is 1. The van der Waals surface area contributed by atoms with E-state index in [1.54, 1.807) is 0 Å². The maximum atomic E-state index is 11.7. The van der Waals surface area contributed by atoms with E-state index < -0.39 is 0 Å². The van der Waals surface area contributed by atoms with E-state index >= 15 is 0 Å². The highest BCUT2D eigenvalue weighted by Gasteiger charge is 2.10. The van der Waals surface area contributed by atoms with E-state index in [1.165, 1.54) is 11.1 Å². The lowest BCUT2D eigenvalue weighted by molar-refractivity contribution is 0.0940. The molecule has 1 aromatic carbocycles. The Morgan fingerprint density at radius 2 is 2.18 bits per heavy atom. The summed E-state index contributed by atoms with van der Waals surface area (Å²) in [5.41, 5.74) is 3.88. The molecule has 0 spiro atoms. The fraction of sp³-hybridized carbons (Fsp3) is 0.308. The highest BCUT2D eigenvalue weighted by molar-refractivity contribution is 5.99. The summed E-state index contributed by atoms with van der Waals surface area (Å²) >= 11 is 0. The van der Waals surface area contributed by atoms with E-state index in [4.69, 9.17) is 5.11 Å². The minimum absolute atomic E-state index is 0.0515. The number of hydrogen-bond donors (Lipinski definition) is 3. The molecule has 2 aromatic rings. The molecule has 1 amide bonds. The number of amides is 1. The van der Waals surface area contributed by atoms with Crippen molar-refractivity contribution in [3.63, 3.8) is 0 Å². The average Bonchev–Trinajstić information content (AvgIpc) is 2.75. The van der Waals surface area contributed by atoms with Crippen LogP contribution in [0.1, 0.15) is 21.6 Å². The summed E-state index contributed by atoms with van der Waals surface area (Å²) < 4.78 is 0. The van der Waals surface area contributed by atoms with Crippen LogP contribution in [0.5, 0.6) is 0 Å². The number of fused-ring (bicyclic) bond motifs is 1. The predicted molar refractivity (Wildman–Crippen MR) is 67.2 cm³/mol. The minimum Gasteiger partial charge on any atom is -0.395 e. The lowest BCUT2D eigenvalue weighted by Gasteiger charge is -1.99. The number of carbonyl (C=O) groups excluding carboxylic acids is 1. The zero-order valence-corrected chi connectivity index (χ0v) is 10.0. The van der Waals surface area contributed by atoms with Gasteiger partial charge in [-0.25, -0.2) is 0 Å². The molecule has 4 nitrogen and oxygen atoms in total. The molecule has 4 heteroatoms. The van der Waals surface area contributed by atoms with Gasteiger partial charge in [-0.3, -0.25) is 4.79 Å². The number of benzene rings is 1. The van der Waals surface area contributed by atoms with Crippen molar-refractivity contribution < 1.29 is 9.90 Å². The number of aliphatic hydroxyl groups is 1. The third kappa shape index (κ3) is 2.17. The number of nitrogens with one attached hydrogen (secondary N) is 2. The molecule has 17 heavy (non-hydrogen) atoms. The molecule has 0 aliphatic rings. The molecule has 0 aliphatic heterocycles. The van der Waals surface area contributed by atoms with Crippen LogP contribution >= 0.6 is 0 Å². The molecular formula is C13H16N2O2. The number of H-pyrrole nitrogens is 1.